The zero-order valence-electron chi connectivity index (χ0n) is 13.4. The van der Waals surface area contributed by atoms with Crippen molar-refractivity contribution in [2.24, 2.45) is 17.3 Å². The minimum absolute atomic E-state index is 0.199. The van der Waals surface area contributed by atoms with Gasteiger partial charge in [0.2, 0.25) is 0 Å². The second-order valence-electron chi connectivity index (χ2n) is 7.75. The van der Waals surface area contributed by atoms with E-state index in [0.717, 1.165) is 45.3 Å². The van der Waals surface area contributed by atoms with E-state index in [-0.39, 0.29) is 23.6 Å². The Balaban J connectivity index is 1.63. The Morgan fingerprint density at radius 1 is 1.23 bits per heavy atom. The molecule has 0 spiro atoms. The van der Waals surface area contributed by atoms with Gasteiger partial charge in [0.15, 0.2) is 0 Å². The summed E-state index contributed by atoms with van der Waals surface area (Å²) in [7, 11) is 0. The van der Waals surface area contributed by atoms with Gasteiger partial charge in [-0.3, -0.25) is 0 Å². The molecule has 124 valence electrons. The zero-order valence-corrected chi connectivity index (χ0v) is 13.4. The van der Waals surface area contributed by atoms with Crippen LogP contribution in [-0.2, 0) is 14.3 Å². The first-order chi connectivity index (χ1) is 10.6. The van der Waals surface area contributed by atoms with Gasteiger partial charge in [-0.1, -0.05) is 6.58 Å². The molecule has 0 heterocycles. The molecule has 4 aliphatic rings. The Labute approximate surface area is 132 Å². The van der Waals surface area contributed by atoms with Crippen molar-refractivity contribution in [1.29, 1.82) is 0 Å². The first-order valence-corrected chi connectivity index (χ1v) is 8.63. The number of hydrogen-bond donors (Lipinski definition) is 1. The molecule has 0 saturated heterocycles. The fourth-order valence-electron chi connectivity index (χ4n) is 5.51. The summed E-state index contributed by atoms with van der Waals surface area (Å²) in [6, 6.07) is 0. The maximum atomic E-state index is 11.7. The molecule has 0 radical (unpaired) electrons. The fourth-order valence-corrected chi connectivity index (χ4v) is 5.51. The standard InChI is InChI=1S/C18H28O4/c1-2-16(20)22-18-10-14-7-15(11-18)9-17(8-14,12-18)13-21-6-4-3-5-19/h2,14-15,19H,1,3-13H2. The molecule has 2 atom stereocenters. The second kappa shape index (κ2) is 6.32. The predicted molar refractivity (Wildman–Crippen MR) is 83.3 cm³/mol. The Morgan fingerprint density at radius 3 is 2.59 bits per heavy atom. The van der Waals surface area contributed by atoms with Gasteiger partial charge in [-0.05, 0) is 68.6 Å². The highest BCUT2D eigenvalue weighted by Gasteiger charge is 2.59. The SMILES string of the molecule is C=CC(=O)OC12CC3CC(CC(COCCCCO)(C3)C1)C2. The molecule has 4 saturated carbocycles. The van der Waals surface area contributed by atoms with Crippen LogP contribution in [0.5, 0.6) is 0 Å². The number of esters is 1. The molecule has 0 amide bonds. The molecule has 0 aromatic rings. The normalized spacial score (nSPS) is 39.0. The van der Waals surface area contributed by atoms with Gasteiger partial charge in [-0.2, -0.15) is 0 Å². The summed E-state index contributed by atoms with van der Waals surface area (Å²) >= 11 is 0. The van der Waals surface area contributed by atoms with Crippen molar-refractivity contribution in [2.75, 3.05) is 19.8 Å². The summed E-state index contributed by atoms with van der Waals surface area (Å²) in [6.07, 6.45) is 9.73. The van der Waals surface area contributed by atoms with Gasteiger partial charge in [-0.25, -0.2) is 4.79 Å². The lowest BCUT2D eigenvalue weighted by atomic mass is 9.48. The number of aliphatic hydroxyl groups excluding tert-OH is 1. The van der Waals surface area contributed by atoms with Crippen molar-refractivity contribution in [2.45, 2.75) is 57.0 Å². The fraction of sp³-hybridized carbons (Fsp3) is 0.833. The van der Waals surface area contributed by atoms with Crippen molar-refractivity contribution in [3.8, 4) is 0 Å². The van der Waals surface area contributed by atoms with Crippen LogP contribution in [-0.4, -0.2) is 36.5 Å². The van der Waals surface area contributed by atoms with E-state index in [2.05, 4.69) is 6.58 Å². The van der Waals surface area contributed by atoms with Crippen LogP contribution in [0.2, 0.25) is 0 Å². The summed E-state index contributed by atoms with van der Waals surface area (Å²) in [5, 5.41) is 8.82. The lowest BCUT2D eigenvalue weighted by molar-refractivity contribution is -0.205. The molecule has 4 fully saturated rings. The van der Waals surface area contributed by atoms with E-state index in [1.807, 2.05) is 0 Å². The molecule has 4 aliphatic carbocycles. The first kappa shape index (κ1) is 16.0. The van der Waals surface area contributed by atoms with Gasteiger partial charge in [0.05, 0.1) is 6.61 Å². The van der Waals surface area contributed by atoms with Crippen molar-refractivity contribution in [3.63, 3.8) is 0 Å². The van der Waals surface area contributed by atoms with E-state index < -0.39 is 0 Å². The lowest BCUT2D eigenvalue weighted by Crippen LogP contribution is -2.58. The van der Waals surface area contributed by atoms with E-state index in [1.54, 1.807) is 0 Å². The number of ether oxygens (including phenoxy) is 2. The van der Waals surface area contributed by atoms with Crippen LogP contribution in [0.15, 0.2) is 12.7 Å². The van der Waals surface area contributed by atoms with E-state index in [9.17, 15) is 4.79 Å². The highest BCUT2D eigenvalue weighted by molar-refractivity contribution is 5.81. The Kier molecular flexibility index (Phi) is 4.60. The number of carbonyl (C=O) groups is 1. The van der Waals surface area contributed by atoms with E-state index >= 15 is 0 Å². The largest absolute Gasteiger partial charge is 0.456 e. The summed E-state index contributed by atoms with van der Waals surface area (Å²) in [4.78, 5) is 11.7. The smallest absolute Gasteiger partial charge is 0.330 e. The third-order valence-electron chi connectivity index (χ3n) is 5.72. The van der Waals surface area contributed by atoms with Crippen LogP contribution < -0.4 is 0 Å². The van der Waals surface area contributed by atoms with Gasteiger partial charge >= 0.3 is 5.97 Å². The topological polar surface area (TPSA) is 55.8 Å². The quantitative estimate of drug-likeness (QED) is 0.425. The van der Waals surface area contributed by atoms with Crippen LogP contribution >= 0.6 is 0 Å². The van der Waals surface area contributed by atoms with Crippen LogP contribution in [0, 0.1) is 17.3 Å². The van der Waals surface area contributed by atoms with Gasteiger partial charge in [0, 0.05) is 19.3 Å². The van der Waals surface area contributed by atoms with Crippen molar-refractivity contribution >= 4 is 5.97 Å². The molecule has 22 heavy (non-hydrogen) atoms. The van der Waals surface area contributed by atoms with E-state index in [4.69, 9.17) is 14.6 Å². The Bertz CT molecular complexity index is 417. The Hall–Kier alpha value is -0.870. The molecular weight excluding hydrogens is 280 g/mol. The maximum absolute atomic E-state index is 11.7. The maximum Gasteiger partial charge on any atom is 0.330 e. The predicted octanol–water partition coefficient (Wildman–Crippen LogP) is 2.84. The summed E-state index contributed by atoms with van der Waals surface area (Å²) in [5.74, 6) is 1.08. The number of aliphatic hydroxyl groups is 1. The van der Waals surface area contributed by atoms with Gasteiger partial charge in [0.1, 0.15) is 5.60 Å². The third-order valence-corrected chi connectivity index (χ3v) is 5.72. The number of rotatable bonds is 8. The Morgan fingerprint density at radius 2 is 1.95 bits per heavy atom. The van der Waals surface area contributed by atoms with Crippen LogP contribution in [0.25, 0.3) is 0 Å². The minimum Gasteiger partial charge on any atom is -0.456 e. The van der Waals surface area contributed by atoms with Crippen molar-refractivity contribution in [3.05, 3.63) is 12.7 Å². The summed E-state index contributed by atoms with van der Waals surface area (Å²) in [6.45, 7) is 5.27. The van der Waals surface area contributed by atoms with Crippen molar-refractivity contribution in [1.82, 2.24) is 0 Å². The third kappa shape index (κ3) is 3.23. The summed E-state index contributed by atoms with van der Waals surface area (Å²) in [5.41, 5.74) is -0.0609. The molecule has 0 aromatic heterocycles. The molecule has 0 aromatic carbocycles. The van der Waals surface area contributed by atoms with Crippen LogP contribution in [0.4, 0.5) is 0 Å². The lowest BCUT2D eigenvalue weighted by Gasteiger charge is -2.61. The number of unbranched alkanes of at least 4 members (excludes halogenated alkanes) is 1. The van der Waals surface area contributed by atoms with Gasteiger partial charge in [-0.15, -0.1) is 0 Å². The summed E-state index contributed by atoms with van der Waals surface area (Å²) < 4.78 is 11.7. The minimum atomic E-state index is -0.277. The first-order valence-electron chi connectivity index (χ1n) is 8.63. The highest BCUT2D eigenvalue weighted by atomic mass is 16.6. The van der Waals surface area contributed by atoms with Crippen LogP contribution in [0.1, 0.15) is 51.4 Å². The molecule has 4 rings (SSSR count). The number of hydrogen-bond acceptors (Lipinski definition) is 4. The zero-order chi connectivity index (χ0) is 15.6. The molecular formula is C18H28O4. The van der Waals surface area contributed by atoms with Gasteiger partial charge in [0.25, 0.3) is 0 Å². The molecule has 4 bridgehead atoms. The number of carbonyl (C=O) groups excluding carboxylic acids is 1. The molecule has 0 aliphatic heterocycles. The highest BCUT2D eigenvalue weighted by Crippen LogP contribution is 2.62. The second-order valence-corrected chi connectivity index (χ2v) is 7.75. The monoisotopic (exact) mass is 308 g/mol. The molecule has 4 heteroatoms. The van der Waals surface area contributed by atoms with Crippen LogP contribution in [0.3, 0.4) is 0 Å². The molecule has 1 N–H and O–H groups in total. The molecule has 2 unspecified atom stereocenters. The van der Waals surface area contributed by atoms with Gasteiger partial charge < -0.3 is 14.6 Å². The van der Waals surface area contributed by atoms with E-state index in [0.29, 0.717) is 11.8 Å². The average Bonchev–Trinajstić information content (AvgIpc) is 2.45. The molecule has 4 nitrogen and oxygen atoms in total. The van der Waals surface area contributed by atoms with E-state index in [1.165, 1.54) is 25.3 Å². The van der Waals surface area contributed by atoms with Crippen molar-refractivity contribution < 1.29 is 19.4 Å². The average molecular weight is 308 g/mol.